The van der Waals surface area contributed by atoms with Crippen LogP contribution in [0, 0.1) is 0 Å². The Kier molecular flexibility index (Phi) is 8.83. The van der Waals surface area contributed by atoms with Gasteiger partial charge in [-0.05, 0) is 18.2 Å². The molecule has 1 aromatic carbocycles. The molecule has 0 atom stereocenters. The number of alkyl halides is 2. The van der Waals surface area contributed by atoms with E-state index in [9.17, 15) is 8.78 Å². The molecule has 2 rings (SSSR count). The van der Waals surface area contributed by atoms with Crippen LogP contribution < -0.4 is 15.4 Å². The lowest BCUT2D eigenvalue weighted by atomic mass is 10.2. The number of halogens is 4. The van der Waals surface area contributed by atoms with Gasteiger partial charge < -0.3 is 15.4 Å². The van der Waals surface area contributed by atoms with Gasteiger partial charge in [-0.1, -0.05) is 11.6 Å². The number of guanidine groups is 1. The molecule has 25 heavy (non-hydrogen) atoms. The average Bonchev–Trinajstić information content (AvgIpc) is 2.94. The normalized spacial score (nSPS) is 11.2. The van der Waals surface area contributed by atoms with Gasteiger partial charge in [0.2, 0.25) is 0 Å². The Morgan fingerprint density at radius 3 is 2.68 bits per heavy atom. The Hall–Kier alpha value is -1.69. The number of nitrogens with zero attached hydrogens (tertiary/aromatic N) is 4. The Bertz CT molecular complexity index is 712. The van der Waals surface area contributed by atoms with E-state index in [2.05, 4.69) is 30.4 Å². The Labute approximate surface area is 165 Å². The molecule has 0 bridgehead atoms. The number of aromatic nitrogens is 3. The summed E-state index contributed by atoms with van der Waals surface area (Å²) in [6, 6.07) is 4.45. The van der Waals surface area contributed by atoms with E-state index in [1.165, 1.54) is 18.5 Å². The summed E-state index contributed by atoms with van der Waals surface area (Å²) in [4.78, 5) is 8.14. The quantitative estimate of drug-likeness (QED) is 0.373. The summed E-state index contributed by atoms with van der Waals surface area (Å²) in [6.07, 6.45) is 1.45. The van der Waals surface area contributed by atoms with Crippen molar-refractivity contribution in [3.05, 3.63) is 40.9 Å². The second kappa shape index (κ2) is 10.3. The minimum Gasteiger partial charge on any atom is -0.434 e. The van der Waals surface area contributed by atoms with Crippen LogP contribution in [0.5, 0.6) is 5.75 Å². The van der Waals surface area contributed by atoms with E-state index in [0.717, 1.165) is 5.82 Å². The van der Waals surface area contributed by atoms with E-state index < -0.39 is 6.61 Å². The van der Waals surface area contributed by atoms with Gasteiger partial charge in [0.1, 0.15) is 17.9 Å². The van der Waals surface area contributed by atoms with Crippen LogP contribution in [0.2, 0.25) is 5.02 Å². The van der Waals surface area contributed by atoms with Gasteiger partial charge in [0.05, 0.1) is 6.54 Å². The third-order valence-corrected chi connectivity index (χ3v) is 3.36. The summed E-state index contributed by atoms with van der Waals surface area (Å²) in [6.45, 7) is -2.29. The molecule has 0 amide bonds. The topological polar surface area (TPSA) is 76.4 Å². The molecule has 11 heteroatoms. The van der Waals surface area contributed by atoms with Crippen LogP contribution in [0.25, 0.3) is 0 Å². The van der Waals surface area contributed by atoms with Crippen LogP contribution in [0.3, 0.4) is 0 Å². The highest BCUT2D eigenvalue weighted by Crippen LogP contribution is 2.24. The lowest BCUT2D eigenvalue weighted by Gasteiger charge is -2.14. The van der Waals surface area contributed by atoms with Crippen molar-refractivity contribution in [2.45, 2.75) is 19.7 Å². The van der Waals surface area contributed by atoms with Crippen LogP contribution in [0.4, 0.5) is 8.78 Å². The van der Waals surface area contributed by atoms with Crippen molar-refractivity contribution in [2.75, 3.05) is 7.05 Å². The van der Waals surface area contributed by atoms with Gasteiger partial charge in [-0.3, -0.25) is 9.67 Å². The van der Waals surface area contributed by atoms with Gasteiger partial charge in [-0.2, -0.15) is 13.9 Å². The molecule has 1 heterocycles. The van der Waals surface area contributed by atoms with Gasteiger partial charge in [-0.25, -0.2) is 4.98 Å². The van der Waals surface area contributed by atoms with E-state index in [1.54, 1.807) is 24.8 Å². The number of aryl methyl sites for hydroxylation is 1. The molecule has 0 radical (unpaired) electrons. The summed E-state index contributed by atoms with van der Waals surface area (Å²) in [5.74, 6) is 1.26. The molecule has 138 valence electrons. The molecule has 0 aliphatic heterocycles. The second-order valence-corrected chi connectivity index (χ2v) is 5.15. The van der Waals surface area contributed by atoms with E-state index in [1.807, 2.05) is 0 Å². The minimum absolute atomic E-state index is 0. The number of aliphatic imine (C=N–C) groups is 1. The number of nitrogens with one attached hydrogen (secondary N) is 2. The van der Waals surface area contributed by atoms with Crippen molar-refractivity contribution in [1.82, 2.24) is 25.4 Å². The van der Waals surface area contributed by atoms with Crippen LogP contribution in [0.15, 0.2) is 29.5 Å². The van der Waals surface area contributed by atoms with E-state index in [4.69, 9.17) is 11.6 Å². The zero-order valence-corrected chi connectivity index (χ0v) is 16.6. The Balaban J connectivity index is 0.00000312. The summed E-state index contributed by atoms with van der Waals surface area (Å²) < 4.78 is 31.0. The number of benzene rings is 1. The summed E-state index contributed by atoms with van der Waals surface area (Å²) in [7, 11) is 3.38. The van der Waals surface area contributed by atoms with E-state index in [0.29, 0.717) is 23.1 Å². The number of rotatable bonds is 6. The van der Waals surface area contributed by atoms with Crippen molar-refractivity contribution < 1.29 is 13.5 Å². The highest BCUT2D eigenvalue weighted by Gasteiger charge is 2.11. The first-order valence-electron chi connectivity index (χ1n) is 7.00. The molecular weight excluding hydrogens is 469 g/mol. The summed E-state index contributed by atoms with van der Waals surface area (Å²) in [5, 5.41) is 10.4. The number of hydrogen-bond donors (Lipinski definition) is 2. The Morgan fingerprint density at radius 1 is 1.36 bits per heavy atom. The fraction of sp³-hybridized carbons (Fsp3) is 0.357. The molecule has 0 aliphatic carbocycles. The Morgan fingerprint density at radius 2 is 2.08 bits per heavy atom. The molecule has 0 aliphatic rings. The first-order chi connectivity index (χ1) is 11.5. The van der Waals surface area contributed by atoms with Gasteiger partial charge in [0.15, 0.2) is 5.96 Å². The van der Waals surface area contributed by atoms with Crippen molar-refractivity contribution in [1.29, 1.82) is 0 Å². The predicted molar refractivity (Wildman–Crippen MR) is 102 cm³/mol. The molecule has 0 spiro atoms. The highest BCUT2D eigenvalue weighted by molar-refractivity contribution is 14.0. The lowest BCUT2D eigenvalue weighted by molar-refractivity contribution is -0.0504. The maximum absolute atomic E-state index is 12.5. The highest BCUT2D eigenvalue weighted by atomic mass is 127. The van der Waals surface area contributed by atoms with Crippen molar-refractivity contribution >= 4 is 41.5 Å². The third kappa shape index (κ3) is 6.61. The average molecular weight is 487 g/mol. The molecule has 0 saturated heterocycles. The third-order valence-electron chi connectivity index (χ3n) is 3.13. The summed E-state index contributed by atoms with van der Waals surface area (Å²) >= 11 is 5.91. The largest absolute Gasteiger partial charge is 0.434 e. The predicted octanol–water partition coefficient (Wildman–Crippen LogP) is 2.55. The van der Waals surface area contributed by atoms with Crippen LogP contribution in [-0.4, -0.2) is 34.4 Å². The van der Waals surface area contributed by atoms with Crippen molar-refractivity contribution in [3.63, 3.8) is 0 Å². The van der Waals surface area contributed by atoms with Crippen LogP contribution >= 0.6 is 35.6 Å². The molecule has 2 N–H and O–H groups in total. The van der Waals surface area contributed by atoms with Crippen molar-refractivity contribution in [3.8, 4) is 5.75 Å². The van der Waals surface area contributed by atoms with Crippen LogP contribution in [0.1, 0.15) is 11.4 Å². The monoisotopic (exact) mass is 486 g/mol. The van der Waals surface area contributed by atoms with E-state index >= 15 is 0 Å². The van der Waals surface area contributed by atoms with E-state index in [-0.39, 0.29) is 36.3 Å². The maximum Gasteiger partial charge on any atom is 0.387 e. The zero-order valence-electron chi connectivity index (χ0n) is 13.5. The smallest absolute Gasteiger partial charge is 0.387 e. The fourth-order valence-corrected chi connectivity index (χ4v) is 2.13. The number of ether oxygens (including phenoxy) is 1. The zero-order chi connectivity index (χ0) is 17.5. The first-order valence-corrected chi connectivity index (χ1v) is 7.38. The fourth-order valence-electron chi connectivity index (χ4n) is 1.94. The SMILES string of the molecule is CN=C(NCc1cc(Cl)ccc1OC(F)F)NCc1ncnn1C.I. The van der Waals surface area contributed by atoms with Gasteiger partial charge >= 0.3 is 6.61 Å². The molecule has 2 aromatic rings. The molecule has 1 aromatic heterocycles. The van der Waals surface area contributed by atoms with Crippen LogP contribution in [-0.2, 0) is 20.1 Å². The standard InChI is InChI=1S/C14H17ClF2N6O.HI/c1-18-14(20-7-12-21-8-22-23(12)2)19-6-9-5-10(15)3-4-11(9)24-13(16)17;/h3-5,8,13H,6-7H2,1-2H3,(H2,18,19,20);1H. The molecule has 7 nitrogen and oxygen atoms in total. The molecule has 0 saturated carbocycles. The molecule has 0 fully saturated rings. The maximum atomic E-state index is 12.5. The molecule has 0 unspecified atom stereocenters. The van der Waals surface area contributed by atoms with Crippen molar-refractivity contribution in [2.24, 2.45) is 12.0 Å². The first kappa shape index (κ1) is 21.4. The van der Waals surface area contributed by atoms with Gasteiger partial charge in [0.25, 0.3) is 0 Å². The summed E-state index contributed by atoms with van der Waals surface area (Å²) in [5.41, 5.74) is 0.490. The van der Waals surface area contributed by atoms with Gasteiger partial charge in [0, 0.05) is 31.2 Å². The minimum atomic E-state index is -2.90. The second-order valence-electron chi connectivity index (χ2n) is 4.71. The molecular formula is C14H18ClF2IN6O. The van der Waals surface area contributed by atoms with Gasteiger partial charge in [-0.15, -0.1) is 24.0 Å². The lowest BCUT2D eigenvalue weighted by Crippen LogP contribution is -2.37. The number of hydrogen-bond acceptors (Lipinski definition) is 4.